The molecule has 1 aliphatic heterocycles. The van der Waals surface area contributed by atoms with Gasteiger partial charge in [-0.25, -0.2) is 0 Å². The zero-order chi connectivity index (χ0) is 14.4. The van der Waals surface area contributed by atoms with E-state index in [1.807, 2.05) is 18.2 Å². The summed E-state index contributed by atoms with van der Waals surface area (Å²) in [5.41, 5.74) is 0.888. The number of aromatic hydroxyl groups is 1. The maximum Gasteiger partial charge on any atom is 0.194 e. The maximum atomic E-state index is 9.89. The van der Waals surface area contributed by atoms with E-state index in [2.05, 4.69) is 26.0 Å². The SMILES string of the molecule is C#CCNC(=NC)N1CCN(c2ccccc2O)CC1.I. The fourth-order valence-corrected chi connectivity index (χ4v) is 2.35. The highest BCUT2D eigenvalue weighted by atomic mass is 127. The molecular formula is C15H21IN4O. The first-order chi connectivity index (χ1) is 9.76. The molecule has 0 aliphatic carbocycles. The molecule has 0 spiro atoms. The van der Waals surface area contributed by atoms with E-state index in [9.17, 15) is 5.11 Å². The summed E-state index contributed by atoms with van der Waals surface area (Å²) in [7, 11) is 1.76. The third-order valence-electron chi connectivity index (χ3n) is 3.36. The van der Waals surface area contributed by atoms with Crippen molar-refractivity contribution in [3.63, 3.8) is 0 Å². The summed E-state index contributed by atoms with van der Waals surface area (Å²) >= 11 is 0. The highest BCUT2D eigenvalue weighted by Gasteiger charge is 2.20. The fraction of sp³-hybridized carbons (Fsp3) is 0.400. The summed E-state index contributed by atoms with van der Waals surface area (Å²) in [5.74, 6) is 3.71. The third kappa shape index (κ3) is 4.43. The van der Waals surface area contributed by atoms with Gasteiger partial charge in [0, 0.05) is 33.2 Å². The molecule has 1 aromatic rings. The van der Waals surface area contributed by atoms with Crippen molar-refractivity contribution >= 4 is 35.6 Å². The van der Waals surface area contributed by atoms with Crippen molar-refractivity contribution in [2.75, 3.05) is 44.7 Å². The standard InChI is InChI=1S/C15H20N4O.HI/c1-3-8-17-15(16-2)19-11-9-18(10-12-19)13-6-4-5-7-14(13)20;/h1,4-7,20H,8-12H2,2H3,(H,16,17);1H. The molecule has 6 heteroatoms. The van der Waals surface area contributed by atoms with Crippen molar-refractivity contribution in [2.24, 2.45) is 4.99 Å². The highest BCUT2D eigenvalue weighted by Crippen LogP contribution is 2.27. The van der Waals surface area contributed by atoms with E-state index in [-0.39, 0.29) is 24.0 Å². The van der Waals surface area contributed by atoms with Gasteiger partial charge in [-0.3, -0.25) is 4.99 Å². The molecule has 2 N–H and O–H groups in total. The minimum absolute atomic E-state index is 0. The van der Waals surface area contributed by atoms with Crippen molar-refractivity contribution in [1.82, 2.24) is 10.2 Å². The summed E-state index contributed by atoms with van der Waals surface area (Å²) in [6, 6.07) is 7.43. The van der Waals surface area contributed by atoms with Crippen molar-refractivity contribution in [1.29, 1.82) is 0 Å². The number of terminal acetylenes is 1. The molecular weight excluding hydrogens is 379 g/mol. The molecule has 2 rings (SSSR count). The van der Waals surface area contributed by atoms with Crippen molar-refractivity contribution in [3.8, 4) is 18.1 Å². The normalized spacial score (nSPS) is 15.1. The van der Waals surface area contributed by atoms with E-state index in [0.29, 0.717) is 12.3 Å². The monoisotopic (exact) mass is 400 g/mol. The quantitative estimate of drug-likeness (QED) is 0.341. The topological polar surface area (TPSA) is 51.1 Å². The average molecular weight is 400 g/mol. The Morgan fingerprint density at radius 2 is 2.00 bits per heavy atom. The molecule has 5 nitrogen and oxygen atoms in total. The second-order valence-corrected chi connectivity index (χ2v) is 4.57. The number of aliphatic imine (C=N–C) groups is 1. The number of hydrogen-bond donors (Lipinski definition) is 2. The second kappa shape index (κ2) is 8.62. The number of nitrogens with zero attached hydrogens (tertiary/aromatic N) is 3. The number of piperazine rings is 1. The van der Waals surface area contributed by atoms with E-state index < -0.39 is 0 Å². The first kappa shape index (κ1) is 17.4. The summed E-state index contributed by atoms with van der Waals surface area (Å²) < 4.78 is 0. The van der Waals surface area contributed by atoms with Gasteiger partial charge in [0.05, 0.1) is 12.2 Å². The van der Waals surface area contributed by atoms with Crippen molar-refractivity contribution < 1.29 is 5.11 Å². The Morgan fingerprint density at radius 3 is 2.57 bits per heavy atom. The molecule has 0 bridgehead atoms. The zero-order valence-electron chi connectivity index (χ0n) is 12.1. The lowest BCUT2D eigenvalue weighted by Gasteiger charge is -2.37. The number of para-hydroxylation sites is 2. The van der Waals surface area contributed by atoms with Crippen LogP contribution >= 0.6 is 24.0 Å². The molecule has 114 valence electrons. The van der Waals surface area contributed by atoms with E-state index in [4.69, 9.17) is 6.42 Å². The van der Waals surface area contributed by atoms with Crippen LogP contribution in [0.1, 0.15) is 0 Å². The van der Waals surface area contributed by atoms with E-state index >= 15 is 0 Å². The van der Waals surface area contributed by atoms with Crippen LogP contribution in [0.4, 0.5) is 5.69 Å². The Kier molecular flexibility index (Phi) is 7.15. The van der Waals surface area contributed by atoms with Crippen molar-refractivity contribution in [3.05, 3.63) is 24.3 Å². The largest absolute Gasteiger partial charge is 0.506 e. The van der Waals surface area contributed by atoms with Gasteiger partial charge in [0.1, 0.15) is 5.75 Å². The number of halogens is 1. The molecule has 0 unspecified atom stereocenters. The van der Waals surface area contributed by atoms with Crippen LogP contribution in [0.2, 0.25) is 0 Å². The molecule has 1 fully saturated rings. The minimum Gasteiger partial charge on any atom is -0.506 e. The van der Waals surface area contributed by atoms with Crippen LogP contribution in [-0.2, 0) is 0 Å². The zero-order valence-corrected chi connectivity index (χ0v) is 14.4. The Balaban J connectivity index is 0.00000220. The molecule has 0 atom stereocenters. The van der Waals surface area contributed by atoms with Crippen LogP contribution in [0, 0.1) is 12.3 Å². The van der Waals surface area contributed by atoms with Crippen molar-refractivity contribution in [2.45, 2.75) is 0 Å². The number of phenols is 1. The van der Waals surface area contributed by atoms with Gasteiger partial charge in [-0.1, -0.05) is 18.1 Å². The number of benzene rings is 1. The Bertz CT molecular complexity index is 519. The average Bonchev–Trinajstić information content (AvgIpc) is 2.49. The van der Waals surface area contributed by atoms with Gasteiger partial charge in [-0.15, -0.1) is 30.4 Å². The molecule has 0 amide bonds. The van der Waals surface area contributed by atoms with Crippen LogP contribution in [0.25, 0.3) is 0 Å². The first-order valence-corrected chi connectivity index (χ1v) is 6.68. The van der Waals surface area contributed by atoms with Gasteiger partial charge in [0.25, 0.3) is 0 Å². The van der Waals surface area contributed by atoms with E-state index in [1.54, 1.807) is 13.1 Å². The number of nitrogens with one attached hydrogen (secondary N) is 1. The lowest BCUT2D eigenvalue weighted by molar-refractivity contribution is 0.371. The summed E-state index contributed by atoms with van der Waals surface area (Å²) in [6.45, 7) is 3.85. The van der Waals surface area contributed by atoms with Crippen LogP contribution in [0.5, 0.6) is 5.75 Å². The molecule has 1 saturated heterocycles. The summed E-state index contributed by atoms with van der Waals surface area (Å²) in [6.07, 6.45) is 5.25. The van der Waals surface area contributed by atoms with Gasteiger partial charge >= 0.3 is 0 Å². The molecule has 1 aliphatic rings. The smallest absolute Gasteiger partial charge is 0.194 e. The predicted molar refractivity (Wildman–Crippen MR) is 97.5 cm³/mol. The number of rotatable bonds is 2. The van der Waals surface area contributed by atoms with Crippen LogP contribution in [0.3, 0.4) is 0 Å². The van der Waals surface area contributed by atoms with E-state index in [0.717, 1.165) is 37.8 Å². The predicted octanol–water partition coefficient (Wildman–Crippen LogP) is 1.34. The molecule has 1 aromatic carbocycles. The van der Waals surface area contributed by atoms with Crippen LogP contribution < -0.4 is 10.2 Å². The molecule has 1 heterocycles. The second-order valence-electron chi connectivity index (χ2n) is 4.57. The summed E-state index contributed by atoms with van der Waals surface area (Å²) in [5, 5.41) is 13.0. The van der Waals surface area contributed by atoms with Gasteiger partial charge < -0.3 is 20.2 Å². The van der Waals surface area contributed by atoms with Crippen LogP contribution in [-0.4, -0.2) is 55.7 Å². The lowest BCUT2D eigenvalue weighted by atomic mass is 10.2. The first-order valence-electron chi connectivity index (χ1n) is 6.68. The van der Waals surface area contributed by atoms with E-state index in [1.165, 1.54) is 0 Å². The molecule has 0 radical (unpaired) electrons. The highest BCUT2D eigenvalue weighted by molar-refractivity contribution is 14.0. The Morgan fingerprint density at radius 1 is 1.33 bits per heavy atom. The number of phenolic OH excluding ortho intramolecular Hbond substituents is 1. The van der Waals surface area contributed by atoms with Gasteiger partial charge in [0.15, 0.2) is 5.96 Å². The molecule has 21 heavy (non-hydrogen) atoms. The number of guanidine groups is 1. The summed E-state index contributed by atoms with van der Waals surface area (Å²) in [4.78, 5) is 8.59. The molecule has 0 aromatic heterocycles. The Hall–Kier alpha value is -1.62. The van der Waals surface area contributed by atoms with Gasteiger partial charge in [0.2, 0.25) is 0 Å². The lowest BCUT2D eigenvalue weighted by Crippen LogP contribution is -2.52. The third-order valence-corrected chi connectivity index (χ3v) is 3.36. The molecule has 0 saturated carbocycles. The van der Waals surface area contributed by atoms with Crippen LogP contribution in [0.15, 0.2) is 29.3 Å². The fourth-order valence-electron chi connectivity index (χ4n) is 2.35. The Labute approximate surface area is 143 Å². The number of anilines is 1. The minimum atomic E-state index is 0. The maximum absolute atomic E-state index is 9.89. The van der Waals surface area contributed by atoms with Gasteiger partial charge in [-0.05, 0) is 12.1 Å². The van der Waals surface area contributed by atoms with Gasteiger partial charge in [-0.2, -0.15) is 0 Å². The number of hydrogen-bond acceptors (Lipinski definition) is 3.